The molecule has 0 aliphatic heterocycles. The zero-order valence-corrected chi connectivity index (χ0v) is 13.2. The molecule has 3 rings (SSSR count). The van der Waals surface area contributed by atoms with Crippen LogP contribution < -0.4 is 5.73 Å². The van der Waals surface area contributed by atoms with Crippen LogP contribution in [0.1, 0.15) is 43.5 Å². The van der Waals surface area contributed by atoms with E-state index in [4.69, 9.17) is 21.9 Å². The average Bonchev–Trinajstić information content (AvgIpc) is 2.84. The molecule has 1 saturated carbocycles. The zero-order valence-electron chi connectivity index (χ0n) is 11.7. The fourth-order valence-electron chi connectivity index (χ4n) is 2.28. The van der Waals surface area contributed by atoms with Gasteiger partial charge in [-0.1, -0.05) is 28.9 Å². The van der Waals surface area contributed by atoms with E-state index in [9.17, 15) is 0 Å². The van der Waals surface area contributed by atoms with Gasteiger partial charge in [0, 0.05) is 11.1 Å². The summed E-state index contributed by atoms with van der Waals surface area (Å²) >= 11 is 5.99. The van der Waals surface area contributed by atoms with E-state index in [0.717, 1.165) is 30.4 Å². The van der Waals surface area contributed by atoms with Crippen LogP contribution in [0.25, 0.3) is 11.6 Å². The molecule has 0 unspecified atom stereocenters. The number of halogens is 2. The van der Waals surface area contributed by atoms with Crippen LogP contribution >= 0.6 is 24.0 Å². The van der Waals surface area contributed by atoms with Crippen molar-refractivity contribution < 1.29 is 4.52 Å². The number of hydrogen-bond donors (Lipinski definition) is 1. The SMILES string of the molecule is C/C(=C/c1nc(C2(N)CCC2)no1)c1cccc(Cl)c1.Cl. The summed E-state index contributed by atoms with van der Waals surface area (Å²) in [4.78, 5) is 4.38. The van der Waals surface area contributed by atoms with Crippen molar-refractivity contribution in [3.8, 4) is 0 Å². The van der Waals surface area contributed by atoms with E-state index in [1.54, 1.807) is 0 Å². The Morgan fingerprint density at radius 2 is 2.19 bits per heavy atom. The Labute approximate surface area is 134 Å². The second-order valence-electron chi connectivity index (χ2n) is 5.30. The highest BCUT2D eigenvalue weighted by molar-refractivity contribution is 6.30. The second-order valence-corrected chi connectivity index (χ2v) is 5.74. The minimum Gasteiger partial charge on any atom is -0.335 e. The van der Waals surface area contributed by atoms with Crippen LogP contribution in [0.4, 0.5) is 0 Å². The zero-order chi connectivity index (χ0) is 14.2. The van der Waals surface area contributed by atoms with Crippen LogP contribution in [0.5, 0.6) is 0 Å². The number of aromatic nitrogens is 2. The van der Waals surface area contributed by atoms with Gasteiger partial charge < -0.3 is 10.3 Å². The lowest BCUT2D eigenvalue weighted by Crippen LogP contribution is -2.44. The van der Waals surface area contributed by atoms with Crippen molar-refractivity contribution in [2.45, 2.75) is 31.7 Å². The van der Waals surface area contributed by atoms with Gasteiger partial charge in [-0.05, 0) is 49.5 Å². The summed E-state index contributed by atoms with van der Waals surface area (Å²) in [6.07, 6.45) is 4.81. The summed E-state index contributed by atoms with van der Waals surface area (Å²) in [5.41, 5.74) is 7.83. The molecule has 1 fully saturated rings. The summed E-state index contributed by atoms with van der Waals surface area (Å²) in [6.45, 7) is 1.98. The van der Waals surface area contributed by atoms with Crippen LogP contribution in [-0.2, 0) is 5.54 Å². The molecule has 0 bridgehead atoms. The van der Waals surface area contributed by atoms with Crippen LogP contribution in [0.2, 0.25) is 5.02 Å². The Morgan fingerprint density at radius 1 is 1.43 bits per heavy atom. The Morgan fingerprint density at radius 3 is 2.81 bits per heavy atom. The summed E-state index contributed by atoms with van der Waals surface area (Å²) in [6, 6.07) is 7.65. The van der Waals surface area contributed by atoms with Gasteiger partial charge in [0.2, 0.25) is 0 Å². The lowest BCUT2D eigenvalue weighted by molar-refractivity contribution is 0.229. The fourth-order valence-corrected chi connectivity index (χ4v) is 2.47. The van der Waals surface area contributed by atoms with Crippen molar-refractivity contribution in [2.75, 3.05) is 0 Å². The van der Waals surface area contributed by atoms with E-state index in [1.165, 1.54) is 0 Å². The summed E-state index contributed by atoms with van der Waals surface area (Å²) in [5.74, 6) is 1.09. The topological polar surface area (TPSA) is 64.9 Å². The molecule has 1 aliphatic carbocycles. The van der Waals surface area contributed by atoms with Crippen LogP contribution in [0, 0.1) is 0 Å². The van der Waals surface area contributed by atoms with Gasteiger partial charge in [0.25, 0.3) is 5.89 Å². The molecule has 0 spiro atoms. The number of allylic oxidation sites excluding steroid dienone is 1. The molecule has 1 aliphatic rings. The molecule has 2 aromatic rings. The standard InChI is InChI=1S/C15H16ClN3O.ClH/c1-10(11-4-2-5-12(16)9-11)8-13-18-14(19-20-13)15(17)6-3-7-15;/h2,4-5,8-9H,3,6-7,17H2,1H3;1H/b10-8-;. The summed E-state index contributed by atoms with van der Waals surface area (Å²) in [5, 5.41) is 4.70. The first-order chi connectivity index (χ1) is 9.57. The molecule has 0 atom stereocenters. The molecule has 112 valence electrons. The molecular formula is C15H17Cl2N3O. The maximum absolute atomic E-state index is 6.18. The molecular weight excluding hydrogens is 309 g/mol. The van der Waals surface area contributed by atoms with E-state index in [1.807, 2.05) is 37.3 Å². The lowest BCUT2D eigenvalue weighted by Gasteiger charge is -2.34. The largest absolute Gasteiger partial charge is 0.335 e. The van der Waals surface area contributed by atoms with E-state index in [-0.39, 0.29) is 17.9 Å². The summed E-state index contributed by atoms with van der Waals surface area (Å²) in [7, 11) is 0. The van der Waals surface area contributed by atoms with Crippen molar-refractivity contribution in [1.29, 1.82) is 0 Å². The first-order valence-electron chi connectivity index (χ1n) is 6.64. The van der Waals surface area contributed by atoms with E-state index < -0.39 is 0 Å². The van der Waals surface area contributed by atoms with Crippen molar-refractivity contribution in [3.05, 3.63) is 46.6 Å². The number of benzene rings is 1. The van der Waals surface area contributed by atoms with Gasteiger partial charge in [0.15, 0.2) is 5.82 Å². The van der Waals surface area contributed by atoms with E-state index >= 15 is 0 Å². The van der Waals surface area contributed by atoms with Gasteiger partial charge in [-0.3, -0.25) is 0 Å². The quantitative estimate of drug-likeness (QED) is 0.924. The molecule has 21 heavy (non-hydrogen) atoms. The average molecular weight is 326 g/mol. The highest BCUT2D eigenvalue weighted by Gasteiger charge is 2.38. The van der Waals surface area contributed by atoms with Gasteiger partial charge in [0.1, 0.15) is 0 Å². The van der Waals surface area contributed by atoms with E-state index in [0.29, 0.717) is 16.7 Å². The summed E-state index contributed by atoms with van der Waals surface area (Å²) < 4.78 is 5.26. The molecule has 4 nitrogen and oxygen atoms in total. The monoisotopic (exact) mass is 325 g/mol. The highest BCUT2D eigenvalue weighted by atomic mass is 35.5. The molecule has 0 saturated heterocycles. The van der Waals surface area contributed by atoms with Crippen LogP contribution in [0.15, 0.2) is 28.8 Å². The predicted molar refractivity (Wildman–Crippen MR) is 86.3 cm³/mol. The third kappa shape index (κ3) is 3.28. The lowest BCUT2D eigenvalue weighted by atomic mass is 9.77. The van der Waals surface area contributed by atoms with Gasteiger partial charge in [-0.25, -0.2) is 0 Å². The number of nitrogens with zero attached hydrogens (tertiary/aromatic N) is 2. The molecule has 1 heterocycles. The predicted octanol–water partition coefficient (Wildman–Crippen LogP) is 4.04. The molecule has 0 radical (unpaired) electrons. The van der Waals surface area contributed by atoms with Crippen LogP contribution in [-0.4, -0.2) is 10.1 Å². The van der Waals surface area contributed by atoms with Crippen molar-refractivity contribution in [2.24, 2.45) is 5.73 Å². The third-order valence-corrected chi connectivity index (χ3v) is 3.99. The molecule has 6 heteroatoms. The molecule has 2 N–H and O–H groups in total. The number of hydrogen-bond acceptors (Lipinski definition) is 4. The van der Waals surface area contributed by atoms with Crippen molar-refractivity contribution in [3.63, 3.8) is 0 Å². The molecule has 0 amide bonds. The molecule has 1 aromatic carbocycles. The minimum absolute atomic E-state index is 0. The minimum atomic E-state index is -0.389. The van der Waals surface area contributed by atoms with E-state index in [2.05, 4.69) is 10.1 Å². The van der Waals surface area contributed by atoms with Crippen molar-refractivity contribution >= 4 is 35.7 Å². The fraction of sp³-hybridized carbons (Fsp3) is 0.333. The highest BCUT2D eigenvalue weighted by Crippen LogP contribution is 2.37. The maximum Gasteiger partial charge on any atom is 0.250 e. The first-order valence-corrected chi connectivity index (χ1v) is 7.02. The molecule has 1 aromatic heterocycles. The van der Waals surface area contributed by atoms with Gasteiger partial charge >= 0.3 is 0 Å². The number of rotatable bonds is 3. The Hall–Kier alpha value is -1.36. The van der Waals surface area contributed by atoms with Crippen molar-refractivity contribution in [1.82, 2.24) is 10.1 Å². The van der Waals surface area contributed by atoms with Gasteiger partial charge in [0.05, 0.1) is 5.54 Å². The Kier molecular flexibility index (Phi) is 4.71. The smallest absolute Gasteiger partial charge is 0.250 e. The van der Waals surface area contributed by atoms with Gasteiger partial charge in [-0.15, -0.1) is 12.4 Å². The van der Waals surface area contributed by atoms with Gasteiger partial charge in [-0.2, -0.15) is 4.98 Å². The normalized spacial score (nSPS) is 17.0. The third-order valence-electron chi connectivity index (χ3n) is 3.75. The number of nitrogens with two attached hydrogens (primary N) is 1. The second kappa shape index (κ2) is 6.18. The Balaban J connectivity index is 0.00000161. The van der Waals surface area contributed by atoms with Crippen LogP contribution in [0.3, 0.4) is 0 Å². The maximum atomic E-state index is 6.18. The Bertz CT molecular complexity index is 662. The first kappa shape index (κ1) is 16.0.